The number of thiazole rings is 1. The molecule has 1 amide bonds. The van der Waals surface area contributed by atoms with Gasteiger partial charge in [0, 0.05) is 16.8 Å². The van der Waals surface area contributed by atoms with Gasteiger partial charge in [0.1, 0.15) is 6.61 Å². The van der Waals surface area contributed by atoms with Crippen LogP contribution in [0.1, 0.15) is 35.5 Å². The van der Waals surface area contributed by atoms with Gasteiger partial charge in [-0.1, -0.05) is 46.6 Å². The molecule has 150 valence electrons. The van der Waals surface area contributed by atoms with Gasteiger partial charge >= 0.3 is 5.97 Å². The minimum atomic E-state index is -0.538. The van der Waals surface area contributed by atoms with Gasteiger partial charge in [-0.2, -0.15) is 0 Å². The summed E-state index contributed by atoms with van der Waals surface area (Å²) in [4.78, 5) is 30.5. The zero-order valence-corrected chi connectivity index (χ0v) is 19.0. The third kappa shape index (κ3) is 5.23. The van der Waals surface area contributed by atoms with E-state index in [2.05, 4.69) is 27.8 Å². The summed E-state index contributed by atoms with van der Waals surface area (Å²) in [5.74, 6) is -0.683. The number of anilines is 2. The second-order valence-electron chi connectivity index (χ2n) is 6.20. The highest BCUT2D eigenvalue weighted by atomic mass is 79.9. The predicted octanol–water partition coefficient (Wildman–Crippen LogP) is 6.16. The molecule has 3 rings (SSSR count). The van der Waals surface area contributed by atoms with Gasteiger partial charge in [-0.25, -0.2) is 9.78 Å². The molecule has 0 atom stereocenters. The maximum atomic E-state index is 12.3. The van der Waals surface area contributed by atoms with Gasteiger partial charge in [-0.3, -0.25) is 9.69 Å². The Balaban J connectivity index is 1.73. The Kier molecular flexibility index (Phi) is 7.05. The summed E-state index contributed by atoms with van der Waals surface area (Å²) in [6.07, 6.45) is 0.926. The van der Waals surface area contributed by atoms with Crippen LogP contribution in [0, 0.1) is 0 Å². The molecule has 1 heterocycles. The van der Waals surface area contributed by atoms with E-state index in [4.69, 9.17) is 16.3 Å². The van der Waals surface area contributed by atoms with E-state index in [0.29, 0.717) is 15.8 Å². The van der Waals surface area contributed by atoms with E-state index in [-0.39, 0.29) is 18.1 Å². The first-order valence-electron chi connectivity index (χ1n) is 8.85. The number of carbonyl (C=O) groups is 2. The Hall–Kier alpha value is -2.22. The summed E-state index contributed by atoms with van der Waals surface area (Å²) < 4.78 is 6.07. The van der Waals surface area contributed by atoms with E-state index < -0.39 is 5.97 Å². The lowest BCUT2D eigenvalue weighted by atomic mass is 10.1. The van der Waals surface area contributed by atoms with Crippen molar-refractivity contribution in [2.45, 2.75) is 26.9 Å². The number of hydrogen-bond acceptors (Lipinski definition) is 5. The molecule has 0 saturated carbocycles. The minimum Gasteiger partial charge on any atom is -0.456 e. The third-order valence-electron chi connectivity index (χ3n) is 4.15. The molecule has 0 radical (unpaired) electrons. The topological polar surface area (TPSA) is 59.5 Å². The normalized spacial score (nSPS) is 10.6. The van der Waals surface area contributed by atoms with Crippen LogP contribution in [0.2, 0.25) is 5.02 Å². The SMILES string of the molecule is CCc1ccc(N(C(C)=O)c2nc(COC(=O)c3cc(Br)ccc3Cl)cs2)cc1. The number of aromatic nitrogens is 1. The molecular formula is C21H18BrClN2O3S. The average Bonchev–Trinajstić information content (AvgIpc) is 3.16. The summed E-state index contributed by atoms with van der Waals surface area (Å²) in [6.45, 7) is 3.55. The number of carbonyl (C=O) groups excluding carboxylic acids is 2. The zero-order valence-electron chi connectivity index (χ0n) is 15.8. The molecule has 5 nitrogen and oxygen atoms in total. The Bertz CT molecular complexity index is 1040. The van der Waals surface area contributed by atoms with E-state index in [1.165, 1.54) is 23.8 Å². The molecule has 1 aromatic heterocycles. The van der Waals surface area contributed by atoms with Crippen molar-refractivity contribution >= 4 is 61.6 Å². The van der Waals surface area contributed by atoms with E-state index in [1.807, 2.05) is 24.3 Å². The molecule has 2 aromatic carbocycles. The van der Waals surface area contributed by atoms with Gasteiger partial charge < -0.3 is 4.74 Å². The summed E-state index contributed by atoms with van der Waals surface area (Å²) in [5.41, 5.74) is 2.77. The highest BCUT2D eigenvalue weighted by molar-refractivity contribution is 9.10. The van der Waals surface area contributed by atoms with Crippen LogP contribution in [0.15, 0.2) is 52.3 Å². The number of rotatable bonds is 6. The fourth-order valence-corrected chi connectivity index (χ4v) is 4.07. The van der Waals surface area contributed by atoms with Crippen molar-refractivity contribution in [2.75, 3.05) is 4.90 Å². The molecule has 0 spiro atoms. The first-order chi connectivity index (χ1) is 13.9. The van der Waals surface area contributed by atoms with Crippen LogP contribution >= 0.6 is 38.9 Å². The summed E-state index contributed by atoms with van der Waals surface area (Å²) in [5, 5.41) is 2.60. The number of halogens is 2. The van der Waals surface area contributed by atoms with E-state index >= 15 is 0 Å². The Morgan fingerprint density at radius 2 is 1.93 bits per heavy atom. The van der Waals surface area contributed by atoms with Gasteiger partial charge in [0.25, 0.3) is 0 Å². The molecule has 0 aliphatic heterocycles. The van der Waals surface area contributed by atoms with Crippen molar-refractivity contribution < 1.29 is 14.3 Å². The third-order valence-corrected chi connectivity index (χ3v) is 5.85. The smallest absolute Gasteiger partial charge is 0.340 e. The first kappa shape index (κ1) is 21.5. The van der Waals surface area contributed by atoms with Crippen LogP contribution in [0.5, 0.6) is 0 Å². The number of amides is 1. The summed E-state index contributed by atoms with van der Waals surface area (Å²) in [7, 11) is 0. The highest BCUT2D eigenvalue weighted by Gasteiger charge is 2.19. The number of aryl methyl sites for hydroxylation is 1. The van der Waals surface area contributed by atoms with E-state index in [9.17, 15) is 9.59 Å². The van der Waals surface area contributed by atoms with E-state index in [1.54, 1.807) is 28.5 Å². The minimum absolute atomic E-state index is 0.0152. The second-order valence-corrected chi connectivity index (χ2v) is 8.36. The van der Waals surface area contributed by atoms with Crippen LogP contribution in [0.4, 0.5) is 10.8 Å². The summed E-state index contributed by atoms with van der Waals surface area (Å²) in [6, 6.07) is 12.8. The molecule has 0 aliphatic carbocycles. The van der Waals surface area contributed by atoms with Crippen molar-refractivity contribution in [2.24, 2.45) is 0 Å². The lowest BCUT2D eigenvalue weighted by Crippen LogP contribution is -2.22. The van der Waals surface area contributed by atoms with Crippen LogP contribution < -0.4 is 4.90 Å². The number of esters is 1. The lowest BCUT2D eigenvalue weighted by molar-refractivity contribution is -0.115. The van der Waals surface area contributed by atoms with Gasteiger partial charge in [0.2, 0.25) is 5.91 Å². The Morgan fingerprint density at radius 3 is 2.59 bits per heavy atom. The molecule has 29 heavy (non-hydrogen) atoms. The molecule has 8 heteroatoms. The molecule has 3 aromatic rings. The van der Waals surface area contributed by atoms with Crippen molar-refractivity contribution in [1.29, 1.82) is 0 Å². The monoisotopic (exact) mass is 492 g/mol. The van der Waals surface area contributed by atoms with Crippen molar-refractivity contribution in [3.63, 3.8) is 0 Å². The van der Waals surface area contributed by atoms with Crippen molar-refractivity contribution in [3.8, 4) is 0 Å². The Labute approximate surface area is 186 Å². The largest absolute Gasteiger partial charge is 0.456 e. The predicted molar refractivity (Wildman–Crippen MR) is 119 cm³/mol. The van der Waals surface area contributed by atoms with Gasteiger partial charge in [-0.05, 0) is 42.3 Å². The number of hydrogen-bond donors (Lipinski definition) is 0. The molecular weight excluding hydrogens is 476 g/mol. The van der Waals surface area contributed by atoms with Crippen LogP contribution in [0.25, 0.3) is 0 Å². The number of ether oxygens (including phenoxy) is 1. The summed E-state index contributed by atoms with van der Waals surface area (Å²) >= 11 is 10.7. The zero-order chi connectivity index (χ0) is 21.0. The molecule has 0 fully saturated rings. The quantitative estimate of drug-likeness (QED) is 0.386. The average molecular weight is 494 g/mol. The number of nitrogens with zero attached hydrogens (tertiary/aromatic N) is 2. The molecule has 0 bridgehead atoms. The first-order valence-corrected chi connectivity index (χ1v) is 10.9. The molecule has 0 unspecified atom stereocenters. The Morgan fingerprint density at radius 1 is 1.21 bits per heavy atom. The second kappa shape index (κ2) is 9.52. The van der Waals surface area contributed by atoms with Crippen molar-refractivity contribution in [1.82, 2.24) is 4.98 Å². The lowest BCUT2D eigenvalue weighted by Gasteiger charge is -2.18. The fourth-order valence-electron chi connectivity index (χ4n) is 2.64. The molecule has 0 saturated heterocycles. The van der Waals surface area contributed by atoms with Crippen molar-refractivity contribution in [3.05, 3.63) is 74.2 Å². The van der Waals surface area contributed by atoms with Crippen LogP contribution in [0.3, 0.4) is 0 Å². The van der Waals surface area contributed by atoms with Crippen LogP contribution in [-0.4, -0.2) is 16.9 Å². The van der Waals surface area contributed by atoms with Crippen LogP contribution in [-0.2, 0) is 22.6 Å². The van der Waals surface area contributed by atoms with Gasteiger partial charge in [0.15, 0.2) is 5.13 Å². The van der Waals surface area contributed by atoms with E-state index in [0.717, 1.165) is 16.6 Å². The fraction of sp³-hybridized carbons (Fsp3) is 0.190. The maximum Gasteiger partial charge on any atom is 0.340 e. The highest BCUT2D eigenvalue weighted by Crippen LogP contribution is 2.30. The van der Waals surface area contributed by atoms with Gasteiger partial charge in [0.05, 0.1) is 22.0 Å². The molecule has 0 aliphatic rings. The number of benzene rings is 2. The maximum absolute atomic E-state index is 12.3. The molecule has 0 N–H and O–H groups in total. The van der Waals surface area contributed by atoms with Gasteiger partial charge in [-0.15, -0.1) is 11.3 Å². The standard InChI is InChI=1S/C21H18BrClN2O3S/c1-3-14-4-7-17(8-5-14)25(13(2)26)21-24-16(12-29-21)11-28-20(27)18-10-15(22)6-9-19(18)23/h4-10,12H,3,11H2,1-2H3.